The first kappa shape index (κ1) is 47.5. The summed E-state index contributed by atoms with van der Waals surface area (Å²) in [4.78, 5) is 45.8. The quantitative estimate of drug-likeness (QED) is 0.0839. The molecule has 0 N–H and O–H groups in total. The Morgan fingerprint density at radius 1 is 0.608 bits per heavy atom. The first-order valence-electron chi connectivity index (χ1n) is 15.6. The summed E-state index contributed by atoms with van der Waals surface area (Å²) >= 11 is 0. The molecule has 8 nitrogen and oxygen atoms in total. The lowest BCUT2D eigenvalue weighted by Crippen LogP contribution is -2.13. The molecular formula is C41H50F2O8. The summed E-state index contributed by atoms with van der Waals surface area (Å²) < 4.78 is 49.9. The molecule has 0 unspecified atom stereocenters. The monoisotopic (exact) mass is 708 g/mol. The zero-order valence-corrected chi connectivity index (χ0v) is 30.2. The van der Waals surface area contributed by atoms with E-state index >= 15 is 0 Å². The van der Waals surface area contributed by atoms with Crippen LogP contribution in [0, 0.1) is 0 Å². The highest BCUT2D eigenvalue weighted by Gasteiger charge is 2.21. The van der Waals surface area contributed by atoms with Crippen molar-refractivity contribution in [2.45, 2.75) is 69.2 Å². The van der Waals surface area contributed by atoms with Gasteiger partial charge in [-0.2, -0.15) is 0 Å². The number of allylic oxidation sites excluding steroid dienone is 1. The molecule has 3 aromatic carbocycles. The van der Waals surface area contributed by atoms with Crippen LogP contribution in [-0.4, -0.2) is 31.3 Å². The Morgan fingerprint density at radius 2 is 0.961 bits per heavy atom. The zero-order chi connectivity index (χ0) is 38.7. The van der Waals surface area contributed by atoms with Crippen LogP contribution < -0.4 is 18.9 Å². The van der Waals surface area contributed by atoms with E-state index in [1.165, 1.54) is 64.3 Å². The van der Waals surface area contributed by atoms with Crippen molar-refractivity contribution in [3.63, 3.8) is 0 Å². The van der Waals surface area contributed by atoms with Gasteiger partial charge in [-0.15, -0.1) is 0 Å². The van der Waals surface area contributed by atoms with Gasteiger partial charge in [-0.05, 0) is 85.9 Å². The van der Waals surface area contributed by atoms with Crippen molar-refractivity contribution < 1.29 is 46.9 Å². The van der Waals surface area contributed by atoms with Crippen LogP contribution in [0.15, 0.2) is 103 Å². The molecule has 0 saturated heterocycles. The summed E-state index contributed by atoms with van der Waals surface area (Å²) in [5, 5.41) is 0. The molecule has 0 aliphatic carbocycles. The maximum atomic E-state index is 14.3. The smallest absolute Gasteiger partial charge is 0.338 e. The summed E-state index contributed by atoms with van der Waals surface area (Å²) in [5.74, 6) is -2.08. The fourth-order valence-corrected chi connectivity index (χ4v) is 3.52. The van der Waals surface area contributed by atoms with Gasteiger partial charge < -0.3 is 18.9 Å². The maximum Gasteiger partial charge on any atom is 0.338 e. The van der Waals surface area contributed by atoms with Crippen LogP contribution in [0.5, 0.6) is 23.0 Å². The van der Waals surface area contributed by atoms with Gasteiger partial charge >= 0.3 is 17.9 Å². The fourth-order valence-electron chi connectivity index (χ4n) is 3.52. The normalized spacial score (nSPS) is 9.33. The Balaban J connectivity index is 0. The first-order chi connectivity index (χ1) is 23.6. The molecule has 0 fully saturated rings. The minimum atomic E-state index is -2.88. The average Bonchev–Trinajstić information content (AvgIpc) is 3.10. The number of carbonyl (C=O) groups is 4. The molecule has 3 rings (SSSR count). The van der Waals surface area contributed by atoms with Gasteiger partial charge in [0.2, 0.25) is 0 Å². The summed E-state index contributed by atoms with van der Waals surface area (Å²) in [6.45, 7) is 27.9. The predicted molar refractivity (Wildman–Crippen MR) is 200 cm³/mol. The zero-order valence-electron chi connectivity index (χ0n) is 30.2. The van der Waals surface area contributed by atoms with E-state index in [0.29, 0.717) is 16.7 Å². The molecule has 0 aliphatic rings. The van der Waals surface area contributed by atoms with Crippen LogP contribution in [0.3, 0.4) is 0 Å². The second-order valence-electron chi connectivity index (χ2n) is 10.1. The lowest BCUT2D eigenvalue weighted by molar-refractivity contribution is -0.132. The van der Waals surface area contributed by atoms with Crippen molar-refractivity contribution in [1.82, 2.24) is 0 Å². The van der Waals surface area contributed by atoms with E-state index in [4.69, 9.17) is 18.9 Å². The molecule has 0 amide bonds. The van der Waals surface area contributed by atoms with Crippen molar-refractivity contribution >= 4 is 24.2 Å². The number of aldehydes is 1. The highest BCUT2D eigenvalue weighted by molar-refractivity contribution is 5.92. The van der Waals surface area contributed by atoms with Crippen molar-refractivity contribution in [2.75, 3.05) is 7.11 Å². The summed E-state index contributed by atoms with van der Waals surface area (Å²) in [7, 11) is 1.41. The van der Waals surface area contributed by atoms with Crippen molar-refractivity contribution in [3.8, 4) is 45.3 Å². The van der Waals surface area contributed by atoms with Crippen LogP contribution in [0.4, 0.5) is 8.78 Å². The van der Waals surface area contributed by atoms with E-state index in [9.17, 15) is 28.0 Å². The van der Waals surface area contributed by atoms with Crippen LogP contribution in [0.25, 0.3) is 22.3 Å². The van der Waals surface area contributed by atoms with E-state index in [2.05, 4.69) is 26.3 Å². The largest absolute Gasteiger partial charge is 0.493 e. The molecule has 3 aromatic rings. The van der Waals surface area contributed by atoms with Crippen LogP contribution in [0.2, 0.25) is 0 Å². The Labute approximate surface area is 301 Å². The molecular weight excluding hydrogens is 658 g/mol. The Bertz CT molecular complexity index is 1720. The predicted octanol–water partition coefficient (Wildman–Crippen LogP) is 10.9. The molecule has 0 atom stereocenters. The van der Waals surface area contributed by atoms with Gasteiger partial charge in [0.25, 0.3) is 6.43 Å². The van der Waals surface area contributed by atoms with E-state index in [1.807, 2.05) is 27.7 Å². The van der Waals surface area contributed by atoms with Crippen LogP contribution in [0.1, 0.15) is 74.8 Å². The van der Waals surface area contributed by atoms with Gasteiger partial charge in [-0.1, -0.05) is 85.7 Å². The molecule has 0 saturated carbocycles. The number of benzene rings is 3. The average molecular weight is 709 g/mol. The van der Waals surface area contributed by atoms with Gasteiger partial charge in [0.05, 0.1) is 7.11 Å². The number of hydrogen-bond donors (Lipinski definition) is 0. The van der Waals surface area contributed by atoms with Crippen molar-refractivity contribution in [3.05, 3.63) is 109 Å². The number of carbonyl (C=O) groups excluding carboxylic acids is 4. The summed E-state index contributed by atoms with van der Waals surface area (Å²) in [6.07, 6.45) is -2.16. The number of alkyl halides is 2. The second kappa shape index (κ2) is 23.7. The summed E-state index contributed by atoms with van der Waals surface area (Å²) in [5.41, 5.74) is 1.95. The third kappa shape index (κ3) is 14.8. The van der Waals surface area contributed by atoms with Crippen molar-refractivity contribution in [1.29, 1.82) is 0 Å². The first-order valence-corrected chi connectivity index (χ1v) is 15.6. The molecule has 10 heteroatoms. The van der Waals surface area contributed by atoms with E-state index in [-0.39, 0.29) is 63.8 Å². The lowest BCUT2D eigenvalue weighted by atomic mass is 9.94. The van der Waals surface area contributed by atoms with Gasteiger partial charge in [0.15, 0.2) is 23.0 Å². The number of methoxy groups -OCH3 is 1. The fraction of sp³-hybridized carbons (Fsp3) is 0.268. The molecule has 276 valence electrons. The number of hydrogen-bond acceptors (Lipinski definition) is 8. The SMILES string of the molecule is C.C=C(C)C(=O)Oc1cc(-c2ccc(-c3ccc(OC(=O)C(=C)C)c(OC(=O)C(=C)C)c3)c(C(F)F)c2)ccc1OC.C=C(C)C=O.CC.CC. The van der Waals surface area contributed by atoms with E-state index < -0.39 is 24.3 Å². The number of esters is 3. The minimum Gasteiger partial charge on any atom is -0.493 e. The third-order valence-electron chi connectivity index (χ3n) is 5.89. The minimum absolute atomic E-state index is 0. The third-order valence-corrected chi connectivity index (χ3v) is 5.89. The van der Waals surface area contributed by atoms with Crippen LogP contribution in [-0.2, 0) is 19.2 Å². The topological polar surface area (TPSA) is 105 Å². The molecule has 0 aromatic heterocycles. The van der Waals surface area contributed by atoms with Gasteiger partial charge in [0.1, 0.15) is 6.29 Å². The van der Waals surface area contributed by atoms with E-state index in [1.54, 1.807) is 25.1 Å². The van der Waals surface area contributed by atoms with Crippen molar-refractivity contribution in [2.24, 2.45) is 0 Å². The van der Waals surface area contributed by atoms with Gasteiger partial charge in [-0.25, -0.2) is 23.2 Å². The molecule has 0 radical (unpaired) electrons. The lowest BCUT2D eigenvalue weighted by Gasteiger charge is -2.16. The molecule has 0 spiro atoms. The Hall–Kier alpha value is -5.64. The van der Waals surface area contributed by atoms with Crippen LogP contribution >= 0.6 is 0 Å². The highest BCUT2D eigenvalue weighted by Crippen LogP contribution is 2.40. The molecule has 51 heavy (non-hydrogen) atoms. The highest BCUT2D eigenvalue weighted by atomic mass is 19.3. The number of halogens is 2. The van der Waals surface area contributed by atoms with Gasteiger partial charge in [-0.3, -0.25) is 4.79 Å². The summed E-state index contributed by atoms with van der Waals surface area (Å²) in [6, 6.07) is 13.2. The van der Waals surface area contributed by atoms with Gasteiger partial charge in [0, 0.05) is 22.3 Å². The standard InChI is InChI=1S/C32H28F2O7.C4H6O.2C2H6.CH4/c1-17(2)30(35)39-26-13-10-22(16-28(26)41-32(37)19(5)6)23-11-8-20(14-24(23)29(33)34)21-9-12-25(38-7)27(15-21)40-31(36)18(3)4;1-4(2)3-5;2*1-2;/h8-16,29H,1,3,5H2,2,4,6-7H3;3H,1H2,2H3;2*1-2H3;1H4. The number of ether oxygens (including phenoxy) is 4. The second-order valence-corrected chi connectivity index (χ2v) is 10.1. The Kier molecular flexibility index (Phi) is 22.0. The Morgan fingerprint density at radius 3 is 1.37 bits per heavy atom. The molecule has 0 heterocycles. The maximum absolute atomic E-state index is 14.3. The van der Waals surface area contributed by atoms with E-state index in [0.717, 1.165) is 6.29 Å². The number of rotatable bonds is 11. The molecule has 0 bridgehead atoms. The molecule has 0 aliphatic heterocycles.